The molecule has 2 aromatic rings. The maximum atomic E-state index is 11.8. The summed E-state index contributed by atoms with van der Waals surface area (Å²) in [4.78, 5) is 16.8. The Bertz CT molecular complexity index is 495. The average Bonchev–Trinajstić information content (AvgIpc) is 2.73. The lowest BCUT2D eigenvalue weighted by Crippen LogP contribution is -2.03. The van der Waals surface area contributed by atoms with Crippen molar-refractivity contribution in [3.8, 4) is 0 Å². The van der Waals surface area contributed by atoms with E-state index in [-0.39, 0.29) is 5.78 Å². The number of hydrogen-bond donors (Lipinski definition) is 0. The van der Waals surface area contributed by atoms with Gasteiger partial charge in [0.15, 0.2) is 0 Å². The highest BCUT2D eigenvalue weighted by Gasteiger charge is 2.06. The predicted octanol–water partition coefficient (Wildman–Crippen LogP) is 3.65. The number of ketones is 1. The Balaban J connectivity index is 1.82. The van der Waals surface area contributed by atoms with Gasteiger partial charge in [0.25, 0.3) is 0 Å². The molecule has 0 N–H and O–H groups in total. The summed E-state index contributed by atoms with van der Waals surface area (Å²) in [7, 11) is 0. The number of aromatic nitrogens is 1. The van der Waals surface area contributed by atoms with Crippen LogP contribution in [0, 0.1) is 0 Å². The zero-order valence-corrected chi connectivity index (χ0v) is 11.6. The predicted molar refractivity (Wildman–Crippen MR) is 73.3 cm³/mol. The summed E-state index contributed by atoms with van der Waals surface area (Å²) in [6, 6.07) is 7.89. The van der Waals surface area contributed by atoms with Crippen LogP contribution < -0.4 is 0 Å². The summed E-state index contributed by atoms with van der Waals surface area (Å²) in [5, 5.41) is 0. The molecule has 2 aromatic heterocycles. The lowest BCUT2D eigenvalue weighted by molar-refractivity contribution is -0.118. The number of hydrogen-bond acceptors (Lipinski definition) is 3. The summed E-state index contributed by atoms with van der Waals surface area (Å²) in [6.45, 7) is 0. The Kier molecular flexibility index (Phi) is 4.45. The minimum absolute atomic E-state index is 0.288. The molecule has 88 valence electrons. The van der Waals surface area contributed by atoms with Crippen molar-refractivity contribution < 1.29 is 4.79 Å². The van der Waals surface area contributed by atoms with E-state index in [1.54, 1.807) is 23.7 Å². The van der Waals surface area contributed by atoms with Crippen LogP contribution in [-0.4, -0.2) is 10.8 Å². The second-order valence-electron chi connectivity index (χ2n) is 3.78. The van der Waals surface area contributed by atoms with E-state index in [1.165, 1.54) is 5.56 Å². The first kappa shape index (κ1) is 12.5. The van der Waals surface area contributed by atoms with Crippen molar-refractivity contribution in [2.75, 3.05) is 0 Å². The van der Waals surface area contributed by atoms with Crippen LogP contribution in [0.3, 0.4) is 0 Å². The molecule has 0 aliphatic rings. The van der Waals surface area contributed by atoms with E-state index in [9.17, 15) is 4.79 Å². The van der Waals surface area contributed by atoms with Crippen LogP contribution in [0.5, 0.6) is 0 Å². The van der Waals surface area contributed by atoms with Crippen LogP contribution in [-0.2, 0) is 17.6 Å². The molecule has 0 aromatic carbocycles. The van der Waals surface area contributed by atoms with Gasteiger partial charge in [0.05, 0.1) is 3.79 Å². The van der Waals surface area contributed by atoms with Crippen LogP contribution in [0.25, 0.3) is 0 Å². The molecule has 0 saturated carbocycles. The number of rotatable bonds is 5. The van der Waals surface area contributed by atoms with Crippen molar-refractivity contribution in [3.63, 3.8) is 0 Å². The monoisotopic (exact) mass is 309 g/mol. The first-order valence-electron chi connectivity index (χ1n) is 5.39. The number of carbonyl (C=O) groups excluding carboxylic acids is 1. The van der Waals surface area contributed by atoms with Crippen molar-refractivity contribution in [1.82, 2.24) is 4.98 Å². The standard InChI is InChI=1S/C13H12BrNOS/c14-13-4-3-12(17-13)9-11(16)2-1-10-5-7-15-8-6-10/h3-8H,1-2,9H2. The minimum Gasteiger partial charge on any atom is -0.299 e. The first-order valence-corrected chi connectivity index (χ1v) is 7.00. The fourth-order valence-electron chi connectivity index (χ4n) is 1.56. The number of aryl methyl sites for hydroxylation is 1. The maximum absolute atomic E-state index is 11.8. The Morgan fingerprint density at radius 2 is 2.00 bits per heavy atom. The van der Waals surface area contributed by atoms with Crippen molar-refractivity contribution >= 4 is 33.0 Å². The molecule has 0 unspecified atom stereocenters. The normalized spacial score (nSPS) is 10.4. The molecule has 4 heteroatoms. The summed E-state index contributed by atoms with van der Waals surface area (Å²) in [5.74, 6) is 0.288. The fourth-order valence-corrected chi connectivity index (χ4v) is 3.07. The number of Topliss-reactive ketones (excluding diaryl/α,β-unsaturated/α-hetero) is 1. The van der Waals surface area contributed by atoms with Gasteiger partial charge in [0.1, 0.15) is 5.78 Å². The third-order valence-electron chi connectivity index (χ3n) is 2.44. The largest absolute Gasteiger partial charge is 0.299 e. The maximum Gasteiger partial charge on any atom is 0.138 e. The van der Waals surface area contributed by atoms with E-state index in [4.69, 9.17) is 0 Å². The van der Waals surface area contributed by atoms with Gasteiger partial charge in [0.2, 0.25) is 0 Å². The van der Waals surface area contributed by atoms with Gasteiger partial charge >= 0.3 is 0 Å². The zero-order chi connectivity index (χ0) is 12.1. The fraction of sp³-hybridized carbons (Fsp3) is 0.231. The van der Waals surface area contributed by atoms with Gasteiger partial charge in [-0.25, -0.2) is 0 Å². The highest BCUT2D eigenvalue weighted by Crippen LogP contribution is 2.22. The molecule has 2 rings (SSSR count). The summed E-state index contributed by atoms with van der Waals surface area (Å²) < 4.78 is 1.08. The van der Waals surface area contributed by atoms with E-state index in [1.807, 2.05) is 24.3 Å². The van der Waals surface area contributed by atoms with Crippen molar-refractivity contribution in [2.45, 2.75) is 19.3 Å². The van der Waals surface area contributed by atoms with Gasteiger partial charge in [0, 0.05) is 30.1 Å². The van der Waals surface area contributed by atoms with Crippen molar-refractivity contribution in [3.05, 3.63) is 50.9 Å². The number of pyridine rings is 1. The Hall–Kier alpha value is -1.000. The molecular formula is C13H12BrNOS. The molecule has 2 nitrogen and oxygen atoms in total. The van der Waals surface area contributed by atoms with Gasteiger partial charge < -0.3 is 0 Å². The summed E-state index contributed by atoms with van der Waals surface area (Å²) in [6.07, 6.45) is 5.46. The van der Waals surface area contributed by atoms with Crippen molar-refractivity contribution in [2.24, 2.45) is 0 Å². The number of carbonyl (C=O) groups is 1. The molecule has 0 aliphatic heterocycles. The van der Waals surface area contributed by atoms with E-state index in [2.05, 4.69) is 20.9 Å². The van der Waals surface area contributed by atoms with Gasteiger partial charge in [-0.2, -0.15) is 0 Å². The number of thiophene rings is 1. The van der Waals surface area contributed by atoms with Gasteiger partial charge in [-0.1, -0.05) is 0 Å². The topological polar surface area (TPSA) is 30.0 Å². The highest BCUT2D eigenvalue weighted by atomic mass is 79.9. The number of nitrogens with zero attached hydrogens (tertiary/aromatic N) is 1. The molecule has 0 fully saturated rings. The molecule has 2 heterocycles. The van der Waals surface area contributed by atoms with Crippen molar-refractivity contribution in [1.29, 1.82) is 0 Å². The Labute approximate surface area is 113 Å². The Morgan fingerprint density at radius 1 is 1.24 bits per heavy atom. The van der Waals surface area contributed by atoms with E-state index in [0.29, 0.717) is 12.8 Å². The van der Waals surface area contributed by atoms with Crippen LogP contribution in [0.15, 0.2) is 40.4 Å². The third kappa shape index (κ3) is 4.06. The van der Waals surface area contributed by atoms with Gasteiger partial charge in [-0.3, -0.25) is 9.78 Å². The van der Waals surface area contributed by atoms with E-state index in [0.717, 1.165) is 15.1 Å². The molecule has 0 atom stereocenters. The molecule has 0 aliphatic carbocycles. The molecule has 0 saturated heterocycles. The van der Waals surface area contributed by atoms with E-state index >= 15 is 0 Å². The van der Waals surface area contributed by atoms with Crippen LogP contribution >= 0.6 is 27.3 Å². The highest BCUT2D eigenvalue weighted by molar-refractivity contribution is 9.11. The van der Waals surface area contributed by atoms with Crippen LogP contribution in [0.2, 0.25) is 0 Å². The van der Waals surface area contributed by atoms with Gasteiger partial charge in [-0.15, -0.1) is 11.3 Å². The quantitative estimate of drug-likeness (QED) is 0.844. The lowest BCUT2D eigenvalue weighted by atomic mass is 10.1. The molecule has 17 heavy (non-hydrogen) atoms. The second-order valence-corrected chi connectivity index (χ2v) is 6.32. The zero-order valence-electron chi connectivity index (χ0n) is 9.23. The molecule has 0 amide bonds. The number of halogens is 1. The molecule has 0 spiro atoms. The lowest BCUT2D eigenvalue weighted by Gasteiger charge is -1.99. The van der Waals surface area contributed by atoms with Crippen LogP contribution in [0.1, 0.15) is 16.9 Å². The average molecular weight is 310 g/mol. The smallest absolute Gasteiger partial charge is 0.138 e. The molecule has 0 radical (unpaired) electrons. The Morgan fingerprint density at radius 3 is 2.65 bits per heavy atom. The SMILES string of the molecule is O=C(CCc1ccncc1)Cc1ccc(Br)s1. The van der Waals surface area contributed by atoms with E-state index < -0.39 is 0 Å². The van der Waals surface area contributed by atoms with Gasteiger partial charge in [-0.05, 0) is 52.2 Å². The second kappa shape index (κ2) is 6.07. The third-order valence-corrected chi connectivity index (χ3v) is 4.07. The molecule has 0 bridgehead atoms. The van der Waals surface area contributed by atoms with Crippen LogP contribution in [0.4, 0.5) is 0 Å². The summed E-state index contributed by atoms with van der Waals surface area (Å²) in [5.41, 5.74) is 1.17. The molecular weight excluding hydrogens is 298 g/mol. The minimum atomic E-state index is 0.288. The first-order chi connectivity index (χ1) is 8.24. The summed E-state index contributed by atoms with van der Waals surface area (Å²) >= 11 is 5.02.